The zero-order chi connectivity index (χ0) is 17.5. The van der Waals surface area contributed by atoms with Crippen LogP contribution in [-0.4, -0.2) is 42.8 Å². The van der Waals surface area contributed by atoms with E-state index in [1.165, 1.54) is 0 Å². The van der Waals surface area contributed by atoms with Crippen molar-refractivity contribution in [1.29, 1.82) is 0 Å². The number of carbonyl (C=O) groups is 1. The number of para-hydroxylation sites is 1. The highest BCUT2D eigenvalue weighted by Gasteiger charge is 2.26. The Kier molecular flexibility index (Phi) is 6.91. The Morgan fingerprint density at radius 3 is 2.83 bits per heavy atom. The zero-order valence-electron chi connectivity index (χ0n) is 15.0. The number of rotatable bonds is 6. The van der Waals surface area contributed by atoms with Gasteiger partial charge in [-0.1, -0.05) is 32.0 Å². The summed E-state index contributed by atoms with van der Waals surface area (Å²) >= 11 is 0. The Labute approximate surface area is 145 Å². The van der Waals surface area contributed by atoms with Gasteiger partial charge < -0.3 is 20.1 Å². The third-order valence-electron chi connectivity index (χ3n) is 4.58. The largest absolute Gasteiger partial charge is 0.496 e. The Morgan fingerprint density at radius 1 is 1.42 bits per heavy atom. The fourth-order valence-corrected chi connectivity index (χ4v) is 3.33. The number of likely N-dealkylation sites (tertiary alicyclic amines) is 1. The first-order chi connectivity index (χ1) is 11.5. The zero-order valence-corrected chi connectivity index (χ0v) is 15.0. The van der Waals surface area contributed by atoms with Crippen molar-refractivity contribution in [2.45, 2.75) is 39.2 Å². The second kappa shape index (κ2) is 8.92. The summed E-state index contributed by atoms with van der Waals surface area (Å²) in [6, 6.07) is 7.72. The molecule has 1 aliphatic heterocycles. The smallest absolute Gasteiger partial charge is 0.317 e. The van der Waals surface area contributed by atoms with Crippen LogP contribution < -0.4 is 10.1 Å². The van der Waals surface area contributed by atoms with Crippen molar-refractivity contribution in [3.8, 4) is 5.75 Å². The number of methoxy groups -OCH3 is 1. The Hall–Kier alpha value is -1.75. The number of benzene rings is 1. The Bertz CT molecular complexity index is 533. The van der Waals surface area contributed by atoms with Gasteiger partial charge >= 0.3 is 6.03 Å². The van der Waals surface area contributed by atoms with Crippen LogP contribution in [0, 0.1) is 11.8 Å². The molecule has 2 rings (SSSR count). The van der Waals surface area contributed by atoms with Crippen LogP contribution in [-0.2, 0) is 0 Å². The molecule has 2 amide bonds. The Morgan fingerprint density at radius 2 is 2.17 bits per heavy atom. The predicted molar refractivity (Wildman–Crippen MR) is 95.1 cm³/mol. The Balaban J connectivity index is 2.12. The molecule has 1 heterocycles. The van der Waals surface area contributed by atoms with Crippen molar-refractivity contribution < 1.29 is 14.6 Å². The van der Waals surface area contributed by atoms with E-state index >= 15 is 0 Å². The van der Waals surface area contributed by atoms with E-state index in [2.05, 4.69) is 19.2 Å². The minimum atomic E-state index is -0.0804. The molecule has 0 aliphatic carbocycles. The van der Waals surface area contributed by atoms with E-state index in [1.54, 1.807) is 7.11 Å². The number of nitrogens with one attached hydrogen (secondary N) is 1. The second-order valence-corrected chi connectivity index (χ2v) is 7.01. The lowest BCUT2D eigenvalue weighted by atomic mass is 9.96. The summed E-state index contributed by atoms with van der Waals surface area (Å²) in [5, 5.41) is 12.5. The molecule has 1 fully saturated rings. The summed E-state index contributed by atoms with van der Waals surface area (Å²) < 4.78 is 5.47. The molecule has 0 unspecified atom stereocenters. The minimum absolute atomic E-state index is 0.0512. The number of nitrogens with zero attached hydrogens (tertiary/aromatic N) is 1. The molecule has 134 valence electrons. The second-order valence-electron chi connectivity index (χ2n) is 7.01. The highest BCUT2D eigenvalue weighted by atomic mass is 16.5. The van der Waals surface area contributed by atoms with E-state index in [9.17, 15) is 9.90 Å². The molecule has 1 aliphatic rings. The van der Waals surface area contributed by atoms with Gasteiger partial charge in [-0.05, 0) is 37.2 Å². The lowest BCUT2D eigenvalue weighted by Crippen LogP contribution is -2.47. The maximum Gasteiger partial charge on any atom is 0.317 e. The molecule has 1 aromatic carbocycles. The number of urea groups is 1. The fraction of sp³-hybridized carbons (Fsp3) is 0.632. The van der Waals surface area contributed by atoms with E-state index in [4.69, 9.17) is 4.74 Å². The van der Waals surface area contributed by atoms with Crippen molar-refractivity contribution in [3.63, 3.8) is 0 Å². The van der Waals surface area contributed by atoms with Gasteiger partial charge in [0.2, 0.25) is 0 Å². The van der Waals surface area contributed by atoms with Crippen molar-refractivity contribution in [2.24, 2.45) is 11.8 Å². The van der Waals surface area contributed by atoms with Gasteiger partial charge in [0.15, 0.2) is 0 Å². The first-order valence-corrected chi connectivity index (χ1v) is 8.84. The van der Waals surface area contributed by atoms with E-state index in [0.29, 0.717) is 12.5 Å². The number of piperidine rings is 1. The average molecular weight is 334 g/mol. The molecule has 0 aromatic heterocycles. The van der Waals surface area contributed by atoms with E-state index in [0.717, 1.165) is 37.1 Å². The summed E-state index contributed by atoms with van der Waals surface area (Å²) in [6.45, 7) is 5.82. The van der Waals surface area contributed by atoms with Crippen molar-refractivity contribution in [2.75, 3.05) is 26.8 Å². The molecule has 0 radical (unpaired) electrons. The summed E-state index contributed by atoms with van der Waals surface area (Å²) in [7, 11) is 1.66. The number of hydrogen-bond acceptors (Lipinski definition) is 3. The molecule has 2 N–H and O–H groups in total. The number of carbonyl (C=O) groups excluding carboxylic acids is 1. The van der Waals surface area contributed by atoms with Gasteiger partial charge in [0.05, 0.1) is 13.2 Å². The first-order valence-electron chi connectivity index (χ1n) is 8.84. The first kappa shape index (κ1) is 18.6. The minimum Gasteiger partial charge on any atom is -0.496 e. The topological polar surface area (TPSA) is 61.8 Å². The number of ether oxygens (including phenoxy) is 1. The van der Waals surface area contributed by atoms with Crippen LogP contribution in [0.4, 0.5) is 4.79 Å². The molecule has 24 heavy (non-hydrogen) atoms. The molecular weight excluding hydrogens is 304 g/mol. The number of amides is 2. The monoisotopic (exact) mass is 334 g/mol. The van der Waals surface area contributed by atoms with Crippen LogP contribution >= 0.6 is 0 Å². The summed E-state index contributed by atoms with van der Waals surface area (Å²) in [6.07, 6.45) is 2.79. The predicted octanol–water partition coefficient (Wildman–Crippen LogP) is 3.20. The summed E-state index contributed by atoms with van der Waals surface area (Å²) in [5.41, 5.74) is 1.01. The lowest BCUT2D eigenvalue weighted by Gasteiger charge is -2.33. The maximum atomic E-state index is 12.7. The number of hydrogen-bond donors (Lipinski definition) is 2. The standard InChI is InChI=1S/C19H30N2O3/c1-14(2)11-17(16-8-4-5-9-18(16)24-3)20-19(23)21-10-6-7-15(12-21)13-22/h4-5,8-9,14-15,17,22H,6-7,10-13H2,1-3H3,(H,20,23)/t15-,17-/m0/s1. The normalized spacial score (nSPS) is 19.2. The van der Waals surface area contributed by atoms with Crippen molar-refractivity contribution in [3.05, 3.63) is 29.8 Å². The highest BCUT2D eigenvalue weighted by molar-refractivity contribution is 5.75. The van der Waals surface area contributed by atoms with Crippen LogP contribution in [0.15, 0.2) is 24.3 Å². The number of aliphatic hydroxyl groups is 1. The van der Waals surface area contributed by atoms with Crippen LogP contribution in [0.2, 0.25) is 0 Å². The highest BCUT2D eigenvalue weighted by Crippen LogP contribution is 2.29. The summed E-state index contributed by atoms with van der Waals surface area (Å²) in [5.74, 6) is 1.45. The number of aliphatic hydroxyl groups excluding tert-OH is 1. The SMILES string of the molecule is COc1ccccc1[C@H](CC(C)C)NC(=O)N1CCC[C@H](CO)C1. The van der Waals surface area contributed by atoms with Crippen LogP contribution in [0.5, 0.6) is 5.75 Å². The molecule has 5 nitrogen and oxygen atoms in total. The molecule has 1 aromatic rings. The van der Waals surface area contributed by atoms with Gasteiger partial charge in [0.1, 0.15) is 5.75 Å². The van der Waals surface area contributed by atoms with Gasteiger partial charge in [-0.3, -0.25) is 0 Å². The molecule has 2 atom stereocenters. The molecule has 5 heteroatoms. The quantitative estimate of drug-likeness (QED) is 0.840. The molecule has 1 saturated heterocycles. The summed E-state index contributed by atoms with van der Waals surface area (Å²) in [4.78, 5) is 14.5. The van der Waals surface area contributed by atoms with Crippen molar-refractivity contribution in [1.82, 2.24) is 10.2 Å². The van der Waals surface area contributed by atoms with Crippen LogP contribution in [0.1, 0.15) is 44.7 Å². The fourth-order valence-electron chi connectivity index (χ4n) is 3.33. The molecule has 0 saturated carbocycles. The van der Waals surface area contributed by atoms with Crippen LogP contribution in [0.3, 0.4) is 0 Å². The third kappa shape index (κ3) is 4.87. The third-order valence-corrected chi connectivity index (χ3v) is 4.58. The van der Waals surface area contributed by atoms with E-state index in [-0.39, 0.29) is 24.6 Å². The van der Waals surface area contributed by atoms with Gasteiger partial charge in [-0.25, -0.2) is 4.79 Å². The van der Waals surface area contributed by atoms with E-state index in [1.807, 2.05) is 29.2 Å². The molecule has 0 spiro atoms. The maximum absolute atomic E-state index is 12.7. The van der Waals surface area contributed by atoms with Crippen molar-refractivity contribution >= 4 is 6.03 Å². The van der Waals surface area contributed by atoms with Gasteiger partial charge in [-0.2, -0.15) is 0 Å². The molecule has 0 bridgehead atoms. The average Bonchev–Trinajstić information content (AvgIpc) is 2.60. The van der Waals surface area contributed by atoms with E-state index < -0.39 is 0 Å². The lowest BCUT2D eigenvalue weighted by molar-refractivity contribution is 0.127. The van der Waals surface area contributed by atoms with Crippen LogP contribution in [0.25, 0.3) is 0 Å². The van der Waals surface area contributed by atoms with Gasteiger partial charge in [0.25, 0.3) is 0 Å². The molecular formula is C19H30N2O3. The van der Waals surface area contributed by atoms with Gasteiger partial charge in [0, 0.05) is 25.3 Å². The van der Waals surface area contributed by atoms with Gasteiger partial charge in [-0.15, -0.1) is 0 Å².